The Morgan fingerprint density at radius 1 is 1.05 bits per heavy atom. The van der Waals surface area contributed by atoms with E-state index < -0.39 is 0 Å². The zero-order valence-electron chi connectivity index (χ0n) is 26.3. The van der Waals surface area contributed by atoms with Gasteiger partial charge in [0.25, 0.3) is 5.91 Å². The van der Waals surface area contributed by atoms with Gasteiger partial charge in [0.2, 0.25) is 11.8 Å². The van der Waals surface area contributed by atoms with Gasteiger partial charge in [0.1, 0.15) is 0 Å². The van der Waals surface area contributed by atoms with E-state index in [1.54, 1.807) is 23.0 Å². The van der Waals surface area contributed by atoms with E-state index >= 15 is 0 Å². The quantitative estimate of drug-likeness (QED) is 0.396. The van der Waals surface area contributed by atoms with Crippen molar-refractivity contribution in [1.29, 1.82) is 0 Å². The molecule has 3 aromatic rings. The molecule has 1 atom stereocenters. The Labute approximate surface area is 259 Å². The molecule has 1 aliphatic carbocycles. The molecule has 44 heavy (non-hydrogen) atoms. The van der Waals surface area contributed by atoms with Crippen LogP contribution in [-0.2, 0) is 7.05 Å². The number of aliphatic imine (C=N–C) groups is 1. The van der Waals surface area contributed by atoms with Crippen molar-refractivity contribution in [3.05, 3.63) is 47.8 Å². The van der Waals surface area contributed by atoms with Crippen LogP contribution in [0.15, 0.2) is 41.5 Å². The number of hydrogen-bond acceptors (Lipinski definition) is 8. The minimum Gasteiger partial charge on any atom is -0.477 e. The summed E-state index contributed by atoms with van der Waals surface area (Å²) < 4.78 is 8.04. The number of pyridine rings is 1. The molecule has 1 saturated heterocycles. The maximum atomic E-state index is 13.8. The Morgan fingerprint density at radius 2 is 1.86 bits per heavy atom. The molecule has 0 radical (unpaired) electrons. The van der Waals surface area contributed by atoms with Crippen molar-refractivity contribution in [3.8, 4) is 17.1 Å². The molecule has 2 N–H and O–H groups in total. The number of nitrogens with zero attached hydrogens (tertiary/aromatic N) is 6. The van der Waals surface area contributed by atoms with Crippen LogP contribution >= 0.6 is 0 Å². The van der Waals surface area contributed by atoms with Gasteiger partial charge in [0, 0.05) is 55.7 Å². The number of ether oxygens (including phenoxy) is 1. The summed E-state index contributed by atoms with van der Waals surface area (Å²) in [7, 11) is 1.88. The van der Waals surface area contributed by atoms with E-state index in [0.29, 0.717) is 53.6 Å². The second kappa shape index (κ2) is 11.9. The average Bonchev–Trinajstić information content (AvgIpc) is 3.71. The largest absolute Gasteiger partial charge is 0.477 e. The molecule has 1 unspecified atom stereocenters. The first-order valence-electron chi connectivity index (χ1n) is 16.3. The summed E-state index contributed by atoms with van der Waals surface area (Å²) in [4.78, 5) is 28.0. The third kappa shape index (κ3) is 5.92. The lowest BCUT2D eigenvalue weighted by atomic mass is 9.97. The molecule has 2 bridgehead atoms. The van der Waals surface area contributed by atoms with Crippen LogP contribution < -0.4 is 20.3 Å². The van der Waals surface area contributed by atoms with Crippen LogP contribution in [0.1, 0.15) is 68.4 Å². The number of rotatable bonds is 4. The molecule has 1 amide bonds. The predicted octanol–water partition coefficient (Wildman–Crippen LogP) is 5.70. The first-order valence-corrected chi connectivity index (χ1v) is 16.3. The Morgan fingerprint density at radius 3 is 2.64 bits per heavy atom. The second-order valence-electron chi connectivity index (χ2n) is 13.2. The summed E-state index contributed by atoms with van der Waals surface area (Å²) in [5.74, 6) is 2.16. The zero-order chi connectivity index (χ0) is 30.4. The van der Waals surface area contributed by atoms with Crippen LogP contribution in [0.2, 0.25) is 0 Å². The smallest absolute Gasteiger partial charge is 0.280 e. The standard InChI is InChI=1S/C34H44N8O2/c1-21(2)41-13-11-26(12-14-41)37-27-9-10-31-30(18-27)38-34-39-32(43)25-16-22(3)36-29(17-25)28-19-35-40(4)33(28)44-15-5-6-24(20-42(31)34)23-7-8-23/h9-10,16-19,21,23-24,26,37H,5-8,11-15,20H2,1-4H3,(H,38,39,43). The number of nitrogens with one attached hydrogen (secondary N) is 2. The highest BCUT2D eigenvalue weighted by atomic mass is 16.5. The number of guanidine groups is 1. The number of aromatic nitrogens is 3. The Bertz CT molecular complexity index is 1570. The number of aryl methyl sites for hydroxylation is 2. The van der Waals surface area contributed by atoms with Gasteiger partial charge in [0.05, 0.1) is 35.4 Å². The van der Waals surface area contributed by atoms with Gasteiger partial charge in [-0.3, -0.25) is 9.78 Å². The summed E-state index contributed by atoms with van der Waals surface area (Å²) >= 11 is 0. The minimum absolute atomic E-state index is 0.295. The topological polar surface area (TPSA) is 99.9 Å². The lowest BCUT2D eigenvalue weighted by molar-refractivity contribution is 0.100. The number of benzene rings is 1. The van der Waals surface area contributed by atoms with E-state index in [0.717, 1.165) is 73.6 Å². The second-order valence-corrected chi connectivity index (χ2v) is 13.2. The van der Waals surface area contributed by atoms with Crippen molar-refractivity contribution >= 4 is 28.9 Å². The third-order valence-electron chi connectivity index (χ3n) is 9.65. The van der Waals surface area contributed by atoms with E-state index in [1.165, 1.54) is 12.8 Å². The lowest BCUT2D eigenvalue weighted by Gasteiger charge is -2.35. The highest BCUT2D eigenvalue weighted by molar-refractivity contribution is 6.19. The van der Waals surface area contributed by atoms with Gasteiger partial charge in [-0.15, -0.1) is 0 Å². The summed E-state index contributed by atoms with van der Waals surface area (Å²) in [6.45, 7) is 10.1. The Balaban J connectivity index is 1.20. The summed E-state index contributed by atoms with van der Waals surface area (Å²) in [5, 5.41) is 11.7. The number of carbonyl (C=O) groups excluding carboxylic acids is 1. The molecule has 5 heterocycles. The van der Waals surface area contributed by atoms with E-state index in [-0.39, 0.29) is 5.91 Å². The van der Waals surface area contributed by atoms with Gasteiger partial charge in [-0.05, 0) is 101 Å². The molecule has 0 spiro atoms. The number of piperidine rings is 1. The number of likely N-dealkylation sites (tertiary alicyclic amines) is 1. The lowest BCUT2D eigenvalue weighted by Crippen LogP contribution is -2.42. The highest BCUT2D eigenvalue weighted by Gasteiger charge is 2.36. The molecule has 7 rings (SSSR count). The van der Waals surface area contributed by atoms with Crippen molar-refractivity contribution in [2.45, 2.75) is 71.4 Å². The normalized spacial score (nSPS) is 22.6. The fourth-order valence-electron chi connectivity index (χ4n) is 6.99. The summed E-state index contributed by atoms with van der Waals surface area (Å²) in [6, 6.07) is 11.2. The van der Waals surface area contributed by atoms with Crippen molar-refractivity contribution in [3.63, 3.8) is 0 Å². The fraction of sp³-hybridized carbons (Fsp3) is 0.529. The van der Waals surface area contributed by atoms with E-state index in [1.807, 2.05) is 14.0 Å². The first-order chi connectivity index (χ1) is 21.3. The van der Waals surface area contributed by atoms with Crippen molar-refractivity contribution in [1.82, 2.24) is 19.7 Å². The summed E-state index contributed by atoms with van der Waals surface area (Å²) in [5.41, 5.74) is 5.86. The maximum Gasteiger partial charge on any atom is 0.280 e. The van der Waals surface area contributed by atoms with Crippen LogP contribution in [0, 0.1) is 18.8 Å². The van der Waals surface area contributed by atoms with Crippen LogP contribution in [0.4, 0.5) is 17.1 Å². The average molecular weight is 597 g/mol. The number of anilines is 3. The molecule has 4 aliphatic rings. The van der Waals surface area contributed by atoms with Gasteiger partial charge in [-0.2, -0.15) is 10.1 Å². The molecule has 10 nitrogen and oxygen atoms in total. The number of fused-ring (bicyclic) bond motifs is 7. The van der Waals surface area contributed by atoms with Crippen LogP contribution in [0.3, 0.4) is 0 Å². The molecule has 10 heteroatoms. The van der Waals surface area contributed by atoms with Crippen LogP contribution in [-0.4, -0.2) is 69.9 Å². The van der Waals surface area contributed by atoms with Crippen LogP contribution in [0.25, 0.3) is 11.3 Å². The Hall–Kier alpha value is -3.92. The fourth-order valence-corrected chi connectivity index (χ4v) is 6.99. The molecular formula is C34H44N8O2. The Kier molecular flexibility index (Phi) is 7.78. The number of amides is 1. The molecule has 1 aromatic carbocycles. The van der Waals surface area contributed by atoms with Gasteiger partial charge in [-0.25, -0.2) is 4.68 Å². The van der Waals surface area contributed by atoms with E-state index in [9.17, 15) is 4.79 Å². The zero-order valence-corrected chi connectivity index (χ0v) is 26.3. The molecular weight excluding hydrogens is 552 g/mol. The third-order valence-corrected chi connectivity index (χ3v) is 9.65. The minimum atomic E-state index is -0.295. The number of hydrogen-bond donors (Lipinski definition) is 2. The number of carbonyl (C=O) groups is 1. The maximum absolute atomic E-state index is 13.8. The van der Waals surface area contributed by atoms with Crippen LogP contribution in [0.5, 0.6) is 5.88 Å². The van der Waals surface area contributed by atoms with E-state index in [2.05, 4.69) is 57.6 Å². The van der Waals surface area contributed by atoms with E-state index in [4.69, 9.17) is 14.7 Å². The summed E-state index contributed by atoms with van der Waals surface area (Å²) in [6.07, 6.45) is 8.53. The molecule has 3 aliphatic heterocycles. The molecule has 2 aromatic heterocycles. The molecule has 1 saturated carbocycles. The van der Waals surface area contributed by atoms with Gasteiger partial charge >= 0.3 is 0 Å². The van der Waals surface area contributed by atoms with Gasteiger partial charge in [-0.1, -0.05) is 0 Å². The van der Waals surface area contributed by atoms with Gasteiger partial charge < -0.3 is 25.2 Å². The predicted molar refractivity (Wildman–Crippen MR) is 175 cm³/mol. The van der Waals surface area contributed by atoms with Crippen molar-refractivity contribution < 1.29 is 9.53 Å². The molecule has 2 fully saturated rings. The van der Waals surface area contributed by atoms with Crippen molar-refractivity contribution in [2.24, 2.45) is 23.9 Å². The first kappa shape index (κ1) is 28.8. The van der Waals surface area contributed by atoms with Crippen molar-refractivity contribution in [2.75, 3.05) is 41.8 Å². The van der Waals surface area contributed by atoms with Gasteiger partial charge in [0.15, 0.2) is 0 Å². The SMILES string of the molecule is Cc1cc2cc(n1)-c1cnn(C)c1OCCCC(C1CC1)CN1/C(=N/C2=O)Nc2cc(NC3CCN(C(C)C)CC3)ccc21. The molecule has 232 valence electrons. The highest BCUT2D eigenvalue weighted by Crippen LogP contribution is 2.43. The monoisotopic (exact) mass is 596 g/mol.